The SMILES string of the molecule is Cl.Cl.O=C(CC1CCCN1)N1CCN(c2ncc(Cl)cc2Cl)CC1. The van der Waals surface area contributed by atoms with Gasteiger partial charge in [0.15, 0.2) is 0 Å². The fraction of sp³-hybridized carbons (Fsp3) is 0.600. The summed E-state index contributed by atoms with van der Waals surface area (Å²) in [6.07, 6.45) is 4.49. The van der Waals surface area contributed by atoms with Gasteiger partial charge in [-0.2, -0.15) is 0 Å². The Bertz CT molecular complexity index is 546. The average Bonchev–Trinajstić information content (AvgIpc) is 3.00. The summed E-state index contributed by atoms with van der Waals surface area (Å²) in [7, 11) is 0. The van der Waals surface area contributed by atoms with Gasteiger partial charge in [0.05, 0.1) is 10.0 Å². The van der Waals surface area contributed by atoms with Crippen LogP contribution in [0.1, 0.15) is 19.3 Å². The summed E-state index contributed by atoms with van der Waals surface area (Å²) in [4.78, 5) is 20.7. The molecule has 0 aliphatic carbocycles. The highest BCUT2D eigenvalue weighted by Crippen LogP contribution is 2.26. The molecule has 3 rings (SSSR count). The van der Waals surface area contributed by atoms with E-state index in [-0.39, 0.29) is 30.7 Å². The first kappa shape index (κ1) is 21.6. The first-order valence-electron chi connectivity index (χ1n) is 7.70. The van der Waals surface area contributed by atoms with Crippen LogP contribution in [0.3, 0.4) is 0 Å². The Morgan fingerprint density at radius 3 is 2.54 bits per heavy atom. The van der Waals surface area contributed by atoms with Gasteiger partial charge in [-0.3, -0.25) is 4.79 Å². The molecule has 5 nitrogen and oxygen atoms in total. The number of halogens is 4. The molecule has 3 heterocycles. The normalized spacial score (nSPS) is 20.3. The van der Waals surface area contributed by atoms with E-state index in [1.54, 1.807) is 12.3 Å². The van der Waals surface area contributed by atoms with Crippen LogP contribution in [0.15, 0.2) is 12.3 Å². The summed E-state index contributed by atoms with van der Waals surface area (Å²) in [6, 6.07) is 2.06. The van der Waals surface area contributed by atoms with Crippen LogP contribution in [0, 0.1) is 0 Å². The predicted molar refractivity (Wildman–Crippen MR) is 103 cm³/mol. The number of hydrogen-bond donors (Lipinski definition) is 1. The van der Waals surface area contributed by atoms with E-state index in [2.05, 4.69) is 15.2 Å². The van der Waals surface area contributed by atoms with E-state index in [1.165, 1.54) is 6.42 Å². The first-order valence-corrected chi connectivity index (χ1v) is 8.46. The number of aromatic nitrogens is 1. The van der Waals surface area contributed by atoms with E-state index in [0.717, 1.165) is 31.9 Å². The Labute approximate surface area is 164 Å². The summed E-state index contributed by atoms with van der Waals surface area (Å²) in [5, 5.41) is 4.47. The number of piperazine rings is 1. The number of rotatable bonds is 3. The molecular weight excluding hydrogens is 394 g/mol. The summed E-state index contributed by atoms with van der Waals surface area (Å²) in [5.41, 5.74) is 0. The molecule has 1 unspecified atom stereocenters. The van der Waals surface area contributed by atoms with E-state index < -0.39 is 0 Å². The molecule has 24 heavy (non-hydrogen) atoms. The van der Waals surface area contributed by atoms with Gasteiger partial charge in [0.25, 0.3) is 0 Å². The molecule has 2 aliphatic rings. The maximum absolute atomic E-state index is 12.3. The Kier molecular flexibility index (Phi) is 8.88. The van der Waals surface area contributed by atoms with E-state index in [4.69, 9.17) is 23.2 Å². The number of anilines is 1. The molecule has 1 atom stereocenters. The third-order valence-electron chi connectivity index (χ3n) is 4.30. The number of carbonyl (C=O) groups is 1. The molecule has 1 N–H and O–H groups in total. The van der Waals surface area contributed by atoms with Crippen molar-refractivity contribution in [3.63, 3.8) is 0 Å². The Morgan fingerprint density at radius 2 is 1.96 bits per heavy atom. The quantitative estimate of drug-likeness (QED) is 0.824. The van der Waals surface area contributed by atoms with Gasteiger partial charge in [0.1, 0.15) is 5.82 Å². The van der Waals surface area contributed by atoms with Crippen molar-refractivity contribution in [3.05, 3.63) is 22.3 Å². The lowest BCUT2D eigenvalue weighted by Crippen LogP contribution is -2.50. The van der Waals surface area contributed by atoms with E-state index in [1.807, 2.05) is 4.90 Å². The average molecular weight is 416 g/mol. The number of carbonyl (C=O) groups excluding carboxylic acids is 1. The monoisotopic (exact) mass is 414 g/mol. The lowest BCUT2D eigenvalue weighted by molar-refractivity contribution is -0.131. The van der Waals surface area contributed by atoms with E-state index in [0.29, 0.717) is 35.6 Å². The first-order chi connectivity index (χ1) is 10.6. The molecule has 2 saturated heterocycles. The molecule has 1 amide bonds. The highest BCUT2D eigenvalue weighted by atomic mass is 35.5. The molecule has 0 radical (unpaired) electrons. The number of nitrogens with one attached hydrogen (secondary N) is 1. The third kappa shape index (κ3) is 5.27. The third-order valence-corrected chi connectivity index (χ3v) is 4.79. The molecule has 0 aromatic carbocycles. The van der Waals surface area contributed by atoms with Crippen molar-refractivity contribution < 1.29 is 4.79 Å². The van der Waals surface area contributed by atoms with Crippen molar-refractivity contribution >= 4 is 59.7 Å². The van der Waals surface area contributed by atoms with Gasteiger partial charge in [0.2, 0.25) is 5.91 Å². The molecule has 1 aromatic heterocycles. The molecular formula is C15H22Cl4N4O. The molecule has 2 aliphatic heterocycles. The lowest BCUT2D eigenvalue weighted by atomic mass is 10.1. The Hall–Kier alpha value is -0.460. The zero-order chi connectivity index (χ0) is 15.5. The van der Waals surface area contributed by atoms with Crippen molar-refractivity contribution in [1.82, 2.24) is 15.2 Å². The molecule has 9 heteroatoms. The standard InChI is InChI=1S/C15H20Cl2N4O.2ClH/c16-11-8-13(17)15(19-10-11)21-6-4-20(5-7-21)14(22)9-12-2-1-3-18-12;;/h8,10,12,18H,1-7,9H2;2*1H. The lowest BCUT2D eigenvalue weighted by Gasteiger charge is -2.36. The van der Waals surface area contributed by atoms with Gasteiger partial charge in [-0.15, -0.1) is 24.8 Å². The van der Waals surface area contributed by atoms with E-state index >= 15 is 0 Å². The smallest absolute Gasteiger partial charge is 0.224 e. The van der Waals surface area contributed by atoms with Gasteiger partial charge >= 0.3 is 0 Å². The van der Waals surface area contributed by atoms with Crippen LogP contribution in [0.4, 0.5) is 5.82 Å². The molecule has 0 saturated carbocycles. The zero-order valence-electron chi connectivity index (χ0n) is 13.2. The van der Waals surface area contributed by atoms with Crippen LogP contribution in [-0.2, 0) is 4.79 Å². The second kappa shape index (κ2) is 9.88. The Balaban J connectivity index is 0.00000144. The molecule has 0 spiro atoms. The van der Waals surface area contributed by atoms with Crippen LogP contribution < -0.4 is 10.2 Å². The minimum absolute atomic E-state index is 0. The minimum atomic E-state index is 0. The molecule has 1 aromatic rings. The van der Waals surface area contributed by atoms with Gasteiger partial charge < -0.3 is 15.1 Å². The van der Waals surface area contributed by atoms with Crippen LogP contribution >= 0.6 is 48.0 Å². The fourth-order valence-electron chi connectivity index (χ4n) is 3.08. The number of nitrogens with zero attached hydrogens (tertiary/aromatic N) is 3. The summed E-state index contributed by atoms with van der Waals surface area (Å²) in [5.74, 6) is 0.991. The van der Waals surface area contributed by atoms with E-state index in [9.17, 15) is 4.79 Å². The minimum Gasteiger partial charge on any atom is -0.352 e. The summed E-state index contributed by atoms with van der Waals surface area (Å²) >= 11 is 12.1. The van der Waals surface area contributed by atoms with Crippen molar-refractivity contribution in [3.8, 4) is 0 Å². The highest BCUT2D eigenvalue weighted by Gasteiger charge is 2.26. The highest BCUT2D eigenvalue weighted by molar-refractivity contribution is 6.36. The van der Waals surface area contributed by atoms with Crippen molar-refractivity contribution in [2.75, 3.05) is 37.6 Å². The molecule has 2 fully saturated rings. The largest absolute Gasteiger partial charge is 0.352 e. The number of amides is 1. The maximum Gasteiger partial charge on any atom is 0.224 e. The van der Waals surface area contributed by atoms with Gasteiger partial charge in [-0.05, 0) is 25.5 Å². The molecule has 0 bridgehead atoms. The van der Waals surface area contributed by atoms with Crippen molar-refractivity contribution in [2.24, 2.45) is 0 Å². The van der Waals surface area contributed by atoms with Crippen molar-refractivity contribution in [1.29, 1.82) is 0 Å². The van der Waals surface area contributed by atoms with Crippen LogP contribution in [0.2, 0.25) is 10.0 Å². The number of hydrogen-bond acceptors (Lipinski definition) is 4. The van der Waals surface area contributed by atoms with Gasteiger partial charge in [0, 0.05) is 44.8 Å². The van der Waals surface area contributed by atoms with Gasteiger partial charge in [-0.25, -0.2) is 4.98 Å². The fourth-order valence-corrected chi connectivity index (χ4v) is 3.58. The van der Waals surface area contributed by atoms with Crippen LogP contribution in [0.5, 0.6) is 0 Å². The predicted octanol–water partition coefficient (Wildman–Crippen LogP) is 3.02. The summed E-state index contributed by atoms with van der Waals surface area (Å²) < 4.78 is 0. The molecule has 136 valence electrons. The second-order valence-electron chi connectivity index (χ2n) is 5.82. The second-order valence-corrected chi connectivity index (χ2v) is 6.67. The number of pyridine rings is 1. The zero-order valence-corrected chi connectivity index (χ0v) is 16.4. The van der Waals surface area contributed by atoms with Gasteiger partial charge in [-0.1, -0.05) is 23.2 Å². The van der Waals surface area contributed by atoms with Crippen LogP contribution in [0.25, 0.3) is 0 Å². The maximum atomic E-state index is 12.3. The van der Waals surface area contributed by atoms with Crippen molar-refractivity contribution in [2.45, 2.75) is 25.3 Å². The van der Waals surface area contributed by atoms with Crippen LogP contribution in [-0.4, -0.2) is 54.6 Å². The summed E-state index contributed by atoms with van der Waals surface area (Å²) in [6.45, 7) is 3.96. The Morgan fingerprint density at radius 1 is 1.25 bits per heavy atom. The topological polar surface area (TPSA) is 48.5 Å².